The smallest absolute Gasteiger partial charge is 0.394 e. The lowest BCUT2D eigenvalue weighted by atomic mass is 9.75. The van der Waals surface area contributed by atoms with Gasteiger partial charge in [0.25, 0.3) is 11.4 Å². The van der Waals surface area contributed by atoms with Crippen molar-refractivity contribution in [3.8, 4) is 58.4 Å². The number of benzene rings is 8. The van der Waals surface area contributed by atoms with Gasteiger partial charge in [0.1, 0.15) is 11.5 Å². The van der Waals surface area contributed by atoms with Crippen LogP contribution in [0.5, 0.6) is 11.5 Å². The van der Waals surface area contributed by atoms with Crippen LogP contribution in [0, 0.1) is 44.9 Å². The van der Waals surface area contributed by atoms with E-state index in [1.54, 1.807) is 0 Å². The highest BCUT2D eigenvalue weighted by molar-refractivity contribution is 5.82. The number of fused-ring (bicyclic) bond motifs is 6. The molecule has 9 nitrogen and oxygen atoms in total. The van der Waals surface area contributed by atoms with Gasteiger partial charge in [0.15, 0.2) is 0 Å². The minimum Gasteiger partial charge on any atom is -0.394 e. The van der Waals surface area contributed by atoms with Gasteiger partial charge >= 0.3 is 6.16 Å². The van der Waals surface area contributed by atoms with Gasteiger partial charge in [-0.1, -0.05) is 133 Å². The molecule has 8 aromatic carbocycles. The van der Waals surface area contributed by atoms with Crippen LogP contribution >= 0.6 is 0 Å². The van der Waals surface area contributed by atoms with Crippen LogP contribution in [0.2, 0.25) is 0 Å². The molecule has 0 fully saturated rings. The summed E-state index contributed by atoms with van der Waals surface area (Å²) in [6.45, 7) is 0. The number of hydrogen-bond acceptors (Lipinski definition) is 7. The average molecular weight is 861 g/mol. The molecular weight excluding hydrogens is 825 g/mol. The molecule has 8 aromatic rings. The second-order valence-electron chi connectivity index (χ2n) is 16.2. The van der Waals surface area contributed by atoms with Crippen LogP contribution < -0.4 is 9.47 Å². The molecule has 0 N–H and O–H groups in total. The summed E-state index contributed by atoms with van der Waals surface area (Å²) in [5.74, 6) is 3.40. The maximum atomic E-state index is 14.5. The highest BCUT2D eigenvalue weighted by atomic mass is 16.7. The highest BCUT2D eigenvalue weighted by Crippen LogP contribution is 2.56. The molecule has 0 saturated carbocycles. The summed E-state index contributed by atoms with van der Waals surface area (Å²) in [5.41, 5.74) is 11.3. The Labute approximate surface area is 380 Å². The molecule has 0 radical (unpaired) electrons. The summed E-state index contributed by atoms with van der Waals surface area (Å²) in [6.07, 6.45) is 10.4. The Morgan fingerprint density at radius 3 is 1.09 bits per heavy atom. The van der Waals surface area contributed by atoms with Crippen LogP contribution in [0.3, 0.4) is 0 Å². The Bertz CT molecular complexity index is 3030. The lowest BCUT2D eigenvalue weighted by Gasteiger charge is -2.29. The first-order valence-corrected chi connectivity index (χ1v) is 21.2. The molecule has 0 spiro atoms. The number of nitrogens with zero attached hydrogens (tertiary/aromatic N) is 2. The molecular formula is C57H36N2O7. The van der Waals surface area contributed by atoms with Crippen LogP contribution in [0.15, 0.2) is 182 Å². The molecule has 2 atom stereocenters. The number of nitro groups is 2. The monoisotopic (exact) mass is 860 g/mol. The molecule has 316 valence electrons. The van der Waals surface area contributed by atoms with Crippen molar-refractivity contribution in [2.75, 3.05) is 0 Å². The molecule has 66 heavy (non-hydrogen) atoms. The van der Waals surface area contributed by atoms with Gasteiger partial charge in [0.2, 0.25) is 0 Å². The lowest BCUT2D eigenvalue weighted by molar-refractivity contribution is -0.385. The maximum Gasteiger partial charge on any atom is 0.519 e. The Morgan fingerprint density at radius 2 is 0.788 bits per heavy atom. The molecule has 9 heteroatoms. The van der Waals surface area contributed by atoms with E-state index in [4.69, 9.17) is 22.3 Å². The van der Waals surface area contributed by atoms with E-state index in [2.05, 4.69) is 36.1 Å². The topological polar surface area (TPSA) is 122 Å². The molecule has 0 heterocycles. The second kappa shape index (κ2) is 16.9. The number of rotatable bonds is 10. The lowest BCUT2D eigenvalue weighted by Crippen LogP contribution is -2.20. The maximum absolute atomic E-state index is 14.5. The van der Waals surface area contributed by atoms with Crippen LogP contribution in [0.1, 0.15) is 79.3 Å². The quantitative estimate of drug-likeness (QED) is 0.0441. The van der Waals surface area contributed by atoms with E-state index in [1.165, 1.54) is 36.4 Å². The Kier molecular flexibility index (Phi) is 10.5. The second-order valence-corrected chi connectivity index (χ2v) is 16.2. The summed E-state index contributed by atoms with van der Waals surface area (Å²) in [7, 11) is 0. The van der Waals surface area contributed by atoms with Gasteiger partial charge in [-0.05, 0) is 92.0 Å². The molecule has 0 amide bonds. The SMILES string of the molecule is C#Cc1ccc(C(c2cc([N+](=O)[O-])ccc2OC(=O)Oc2ccc([N+](=O)[O-])cc2C(c2ccc(C#C)cc2)C2c3ccccc3-c3ccccc32)C2c3ccccc3-c3ccccc32)cc1. The van der Waals surface area contributed by atoms with E-state index in [9.17, 15) is 25.0 Å². The summed E-state index contributed by atoms with van der Waals surface area (Å²) in [4.78, 5) is 38.5. The molecule has 0 bridgehead atoms. The zero-order valence-electron chi connectivity index (χ0n) is 35.0. The zero-order valence-corrected chi connectivity index (χ0v) is 35.0. The van der Waals surface area contributed by atoms with Crippen molar-refractivity contribution in [2.24, 2.45) is 0 Å². The predicted octanol–water partition coefficient (Wildman–Crippen LogP) is 12.9. The molecule has 10 rings (SSSR count). The zero-order chi connectivity index (χ0) is 45.5. The van der Waals surface area contributed by atoms with E-state index in [0.717, 1.165) is 55.6 Å². The summed E-state index contributed by atoms with van der Waals surface area (Å²) >= 11 is 0. The standard InChI is InChI=1S/C57H36N2O7/c1-3-35-21-25-37(26-22-35)53(55-45-17-9-5-13-41(45)42-14-6-10-18-46(42)55)49-33-39(58(61)62)29-31-51(49)65-57(60)66-52-32-30-40(59(63)64)34-50(52)54(38-27-23-36(4-2)24-28-38)56-47-19-11-7-15-43(47)44-16-8-12-20-48(44)56/h1-2,5-34,53-56H. The van der Waals surface area contributed by atoms with Crippen molar-refractivity contribution in [2.45, 2.75) is 23.7 Å². The first-order chi connectivity index (χ1) is 32.2. The molecule has 0 aliphatic heterocycles. The van der Waals surface area contributed by atoms with Crippen molar-refractivity contribution < 1.29 is 24.1 Å². The van der Waals surface area contributed by atoms with Gasteiger partial charge in [0, 0.05) is 70.2 Å². The van der Waals surface area contributed by atoms with Gasteiger partial charge in [-0.3, -0.25) is 20.2 Å². The number of nitro benzene ring substituents is 2. The van der Waals surface area contributed by atoms with E-state index >= 15 is 0 Å². The van der Waals surface area contributed by atoms with Gasteiger partial charge in [-0.15, -0.1) is 12.8 Å². The van der Waals surface area contributed by atoms with Gasteiger partial charge < -0.3 is 9.47 Å². The third kappa shape index (κ3) is 7.21. The predicted molar refractivity (Wildman–Crippen MR) is 253 cm³/mol. The molecule has 0 aromatic heterocycles. The van der Waals surface area contributed by atoms with Crippen molar-refractivity contribution in [1.82, 2.24) is 0 Å². The Balaban J connectivity index is 1.11. The number of terminal acetylenes is 2. The number of non-ortho nitro benzene ring substituents is 2. The highest BCUT2D eigenvalue weighted by Gasteiger charge is 2.40. The van der Waals surface area contributed by atoms with Crippen LogP contribution in [-0.2, 0) is 0 Å². The number of ether oxygens (including phenoxy) is 2. The third-order valence-electron chi connectivity index (χ3n) is 12.8. The summed E-state index contributed by atoms with van der Waals surface area (Å²) < 4.78 is 12.4. The molecule has 0 saturated heterocycles. The molecule has 2 unspecified atom stereocenters. The first-order valence-electron chi connectivity index (χ1n) is 21.2. The van der Waals surface area contributed by atoms with Crippen molar-refractivity contribution in [3.05, 3.63) is 258 Å². The van der Waals surface area contributed by atoms with E-state index in [1.807, 2.05) is 121 Å². The van der Waals surface area contributed by atoms with Gasteiger partial charge in [-0.25, -0.2) is 4.79 Å². The first kappa shape index (κ1) is 41.0. The minimum absolute atomic E-state index is 0.0296. The third-order valence-corrected chi connectivity index (χ3v) is 12.8. The van der Waals surface area contributed by atoms with Crippen LogP contribution in [0.4, 0.5) is 16.2 Å². The molecule has 2 aliphatic carbocycles. The largest absolute Gasteiger partial charge is 0.519 e. The fourth-order valence-corrected chi connectivity index (χ4v) is 9.95. The normalized spacial score (nSPS) is 13.2. The van der Waals surface area contributed by atoms with E-state index in [0.29, 0.717) is 22.3 Å². The number of hydrogen-bond donors (Lipinski definition) is 0. The van der Waals surface area contributed by atoms with Crippen LogP contribution in [-0.4, -0.2) is 16.0 Å². The van der Waals surface area contributed by atoms with Crippen molar-refractivity contribution in [1.29, 1.82) is 0 Å². The average Bonchev–Trinajstić information content (AvgIpc) is 3.86. The van der Waals surface area contributed by atoms with Gasteiger partial charge in [0.05, 0.1) is 9.85 Å². The van der Waals surface area contributed by atoms with Gasteiger partial charge in [-0.2, -0.15) is 0 Å². The van der Waals surface area contributed by atoms with Crippen molar-refractivity contribution in [3.63, 3.8) is 0 Å². The Hall–Kier alpha value is -9.05. The molecule has 2 aliphatic rings. The Morgan fingerprint density at radius 1 is 0.470 bits per heavy atom. The fourth-order valence-electron chi connectivity index (χ4n) is 9.95. The van der Waals surface area contributed by atoms with E-state index in [-0.39, 0.29) is 34.7 Å². The number of carbonyl (C=O) groups excluding carboxylic acids is 1. The number of carbonyl (C=O) groups is 1. The minimum atomic E-state index is -1.15. The summed E-state index contributed by atoms with van der Waals surface area (Å²) in [6, 6.07) is 55.2. The fraction of sp³-hybridized carbons (Fsp3) is 0.0702. The van der Waals surface area contributed by atoms with E-state index < -0.39 is 27.8 Å². The summed E-state index contributed by atoms with van der Waals surface area (Å²) in [5, 5.41) is 24.9. The van der Waals surface area contributed by atoms with Crippen molar-refractivity contribution >= 4 is 17.5 Å². The van der Waals surface area contributed by atoms with Crippen LogP contribution in [0.25, 0.3) is 22.3 Å².